The summed E-state index contributed by atoms with van der Waals surface area (Å²) in [6.45, 7) is 3.12. The van der Waals surface area contributed by atoms with Crippen molar-refractivity contribution in [1.29, 1.82) is 5.26 Å². The molecule has 13 nitrogen and oxygen atoms in total. The van der Waals surface area contributed by atoms with Crippen LogP contribution in [0.2, 0.25) is 5.02 Å². The van der Waals surface area contributed by atoms with Gasteiger partial charge in [-0.05, 0) is 50.1 Å². The monoisotopic (exact) mass is 664 g/mol. The number of piperidine rings is 1. The lowest BCUT2D eigenvalue weighted by Crippen LogP contribution is -2.37. The number of aliphatic hydroxyl groups excluding tert-OH is 1. The molecule has 1 unspecified atom stereocenters. The predicted molar refractivity (Wildman–Crippen MR) is 171 cm³/mol. The minimum Gasteiger partial charge on any atom is -0.455 e. The van der Waals surface area contributed by atoms with Crippen molar-refractivity contribution in [2.45, 2.75) is 44.6 Å². The highest BCUT2D eigenvalue weighted by molar-refractivity contribution is 7.92. The fraction of sp³-hybridized carbons (Fsp3) is 0.387. The first kappa shape index (κ1) is 31.7. The first-order valence-corrected chi connectivity index (χ1v) is 17.1. The number of aromatic nitrogens is 4. The van der Waals surface area contributed by atoms with Gasteiger partial charge in [0.15, 0.2) is 5.65 Å². The summed E-state index contributed by atoms with van der Waals surface area (Å²) in [4.78, 5) is 25.4. The van der Waals surface area contributed by atoms with E-state index in [0.29, 0.717) is 52.9 Å². The van der Waals surface area contributed by atoms with Crippen LogP contribution in [0.4, 0.5) is 11.5 Å². The van der Waals surface area contributed by atoms with Crippen LogP contribution in [0.1, 0.15) is 58.7 Å². The Morgan fingerprint density at radius 1 is 1.24 bits per heavy atom. The topological polar surface area (TPSA) is 166 Å². The van der Waals surface area contributed by atoms with Crippen molar-refractivity contribution < 1.29 is 23.1 Å². The zero-order chi connectivity index (χ0) is 32.6. The minimum absolute atomic E-state index is 0.256. The maximum Gasteiger partial charge on any atom is 0.340 e. The zero-order valence-corrected chi connectivity index (χ0v) is 26.8. The Hall–Kier alpha value is -4.29. The van der Waals surface area contributed by atoms with E-state index in [2.05, 4.69) is 15.8 Å². The van der Waals surface area contributed by atoms with Crippen molar-refractivity contribution in [3.05, 3.63) is 82.4 Å². The van der Waals surface area contributed by atoms with Crippen molar-refractivity contribution >= 4 is 44.7 Å². The number of nitriles is 1. The molecule has 0 radical (unpaired) electrons. The molecule has 2 saturated heterocycles. The predicted octanol–water partition coefficient (Wildman–Crippen LogP) is 3.86. The SMILES string of the molecule is Cc1cn2nc([C@@H]3CCCCN3C(O)c3cc(Cl)ccc3NS(C)(=O)=O)cc2nc1N1C[C@H](C#N)[C@H](OC(=O)c2cccnc2)C1. The Labute approximate surface area is 271 Å². The molecule has 4 aromatic rings. The summed E-state index contributed by atoms with van der Waals surface area (Å²) in [6, 6.07) is 11.8. The second kappa shape index (κ2) is 12.8. The molecule has 6 rings (SSSR count). The maximum absolute atomic E-state index is 12.7. The third-order valence-corrected chi connectivity index (χ3v) is 9.12. The molecule has 15 heteroatoms. The van der Waals surface area contributed by atoms with E-state index in [1.807, 2.05) is 29.0 Å². The number of nitrogens with one attached hydrogen (secondary N) is 1. The van der Waals surface area contributed by atoms with Crippen LogP contribution < -0.4 is 9.62 Å². The number of benzene rings is 1. The molecule has 0 amide bonds. The van der Waals surface area contributed by atoms with Gasteiger partial charge in [-0.3, -0.25) is 14.6 Å². The summed E-state index contributed by atoms with van der Waals surface area (Å²) in [6.07, 6.45) is 6.63. The van der Waals surface area contributed by atoms with Gasteiger partial charge < -0.3 is 14.7 Å². The van der Waals surface area contributed by atoms with Crippen molar-refractivity contribution in [3.8, 4) is 6.07 Å². The molecule has 0 bridgehead atoms. The molecule has 240 valence electrons. The summed E-state index contributed by atoms with van der Waals surface area (Å²) < 4.78 is 33.9. The number of ether oxygens (including phenoxy) is 1. The summed E-state index contributed by atoms with van der Waals surface area (Å²) in [7, 11) is -3.60. The number of carbonyl (C=O) groups excluding carboxylic acids is 1. The second-order valence-corrected chi connectivity index (χ2v) is 13.9. The number of nitrogens with zero attached hydrogens (tertiary/aromatic N) is 7. The minimum atomic E-state index is -3.60. The third-order valence-electron chi connectivity index (χ3n) is 8.30. The van der Waals surface area contributed by atoms with Gasteiger partial charge in [-0.2, -0.15) is 10.4 Å². The van der Waals surface area contributed by atoms with Gasteiger partial charge in [0.05, 0.1) is 41.9 Å². The van der Waals surface area contributed by atoms with Crippen LogP contribution >= 0.6 is 11.6 Å². The van der Waals surface area contributed by atoms with Crippen LogP contribution in [0.3, 0.4) is 0 Å². The lowest BCUT2D eigenvalue weighted by molar-refractivity contribution is -0.0451. The molecule has 2 aliphatic rings. The lowest BCUT2D eigenvalue weighted by Gasteiger charge is -2.38. The highest BCUT2D eigenvalue weighted by Gasteiger charge is 2.38. The van der Waals surface area contributed by atoms with E-state index in [4.69, 9.17) is 26.4 Å². The summed E-state index contributed by atoms with van der Waals surface area (Å²) in [5.74, 6) is -0.406. The van der Waals surface area contributed by atoms with Crippen molar-refractivity contribution in [3.63, 3.8) is 0 Å². The number of anilines is 2. The number of esters is 1. The molecule has 0 saturated carbocycles. The number of halogens is 1. The molecule has 3 aromatic heterocycles. The molecule has 2 fully saturated rings. The van der Waals surface area contributed by atoms with Gasteiger partial charge >= 0.3 is 5.97 Å². The van der Waals surface area contributed by atoms with E-state index in [-0.39, 0.29) is 11.7 Å². The van der Waals surface area contributed by atoms with Gasteiger partial charge in [-0.1, -0.05) is 18.0 Å². The van der Waals surface area contributed by atoms with Crippen LogP contribution in [-0.4, -0.2) is 76.0 Å². The standard InChI is InChI=1S/C31H33ClN8O5S/c1-19-16-40-28(35-29(19)38-17-21(14-33)27(18-38)45-31(42)20-6-5-10-34-15-20)13-25(36-40)26-7-3-4-11-39(26)30(41)23-12-22(32)8-9-24(23)37-46(2,43)44/h5-6,8-10,12-13,15-16,21,26-27,30,37,41H,3-4,7,11,17-18H2,1-2H3/t21-,26-,27+,30?/m0/s1. The molecule has 46 heavy (non-hydrogen) atoms. The number of fused-ring (bicyclic) bond motifs is 1. The number of aryl methyl sites for hydroxylation is 1. The summed E-state index contributed by atoms with van der Waals surface area (Å²) in [5.41, 5.74) is 3.05. The largest absolute Gasteiger partial charge is 0.455 e. The Morgan fingerprint density at radius 2 is 2.07 bits per heavy atom. The quantitative estimate of drug-likeness (QED) is 0.263. The van der Waals surface area contributed by atoms with Crippen LogP contribution in [-0.2, 0) is 14.8 Å². The van der Waals surface area contributed by atoms with Gasteiger partial charge in [0.2, 0.25) is 10.0 Å². The Morgan fingerprint density at radius 3 is 2.80 bits per heavy atom. The number of carbonyl (C=O) groups is 1. The molecule has 1 aromatic carbocycles. The number of hydrogen-bond acceptors (Lipinski definition) is 11. The zero-order valence-electron chi connectivity index (χ0n) is 25.2. The van der Waals surface area contributed by atoms with E-state index in [1.54, 1.807) is 41.0 Å². The highest BCUT2D eigenvalue weighted by atomic mass is 35.5. The van der Waals surface area contributed by atoms with E-state index < -0.39 is 34.2 Å². The maximum atomic E-state index is 12.7. The van der Waals surface area contributed by atoms with Gasteiger partial charge in [0.1, 0.15) is 24.1 Å². The van der Waals surface area contributed by atoms with Crippen LogP contribution in [0.5, 0.6) is 0 Å². The molecule has 0 aliphatic carbocycles. The van der Waals surface area contributed by atoms with Crippen molar-refractivity contribution in [1.82, 2.24) is 24.5 Å². The number of rotatable bonds is 8. The van der Waals surface area contributed by atoms with Crippen molar-refractivity contribution in [2.75, 3.05) is 35.5 Å². The molecule has 2 N–H and O–H groups in total. The highest BCUT2D eigenvalue weighted by Crippen LogP contribution is 2.39. The Kier molecular flexibility index (Phi) is 8.84. The van der Waals surface area contributed by atoms with E-state index in [0.717, 1.165) is 31.1 Å². The molecular weight excluding hydrogens is 632 g/mol. The van der Waals surface area contributed by atoms with E-state index >= 15 is 0 Å². The fourth-order valence-electron chi connectivity index (χ4n) is 6.16. The average Bonchev–Trinajstić information content (AvgIpc) is 3.64. The first-order valence-electron chi connectivity index (χ1n) is 14.8. The Bertz CT molecular complexity index is 1920. The normalized spacial score (nSPS) is 21.2. The number of hydrogen-bond donors (Lipinski definition) is 2. The van der Waals surface area contributed by atoms with Crippen LogP contribution in [0.15, 0.2) is 55.0 Å². The first-order chi connectivity index (χ1) is 22.0. The molecule has 4 atom stereocenters. The number of sulfonamides is 1. The van der Waals surface area contributed by atoms with Crippen LogP contribution in [0, 0.1) is 24.2 Å². The number of likely N-dealkylation sites (tertiary alicyclic amines) is 1. The number of pyridine rings is 1. The van der Waals surface area contributed by atoms with E-state index in [9.17, 15) is 23.6 Å². The molecule has 5 heterocycles. The smallest absolute Gasteiger partial charge is 0.340 e. The van der Waals surface area contributed by atoms with Gasteiger partial charge in [0, 0.05) is 53.9 Å². The van der Waals surface area contributed by atoms with Crippen molar-refractivity contribution in [2.24, 2.45) is 5.92 Å². The number of aliphatic hydroxyl groups is 1. The molecule has 2 aliphatic heterocycles. The average molecular weight is 665 g/mol. The van der Waals surface area contributed by atoms with Crippen LogP contribution in [0.25, 0.3) is 5.65 Å². The van der Waals surface area contributed by atoms with Gasteiger partial charge in [-0.15, -0.1) is 0 Å². The molecular formula is C31H33ClN8O5S. The third kappa shape index (κ3) is 6.63. The lowest BCUT2D eigenvalue weighted by atomic mass is 9.97. The van der Waals surface area contributed by atoms with E-state index in [1.165, 1.54) is 6.20 Å². The fourth-order valence-corrected chi connectivity index (χ4v) is 6.93. The summed E-state index contributed by atoms with van der Waals surface area (Å²) >= 11 is 6.26. The summed E-state index contributed by atoms with van der Waals surface area (Å²) in [5, 5.41) is 26.6. The second-order valence-electron chi connectivity index (χ2n) is 11.7. The van der Waals surface area contributed by atoms with Gasteiger partial charge in [0.25, 0.3) is 0 Å². The van der Waals surface area contributed by atoms with Gasteiger partial charge in [-0.25, -0.2) is 22.7 Å². The molecule has 0 spiro atoms. The Balaban J connectivity index is 1.26.